The molecule has 38 heavy (non-hydrogen) atoms. The number of nitrogens with one attached hydrogen (secondary N) is 2. The summed E-state index contributed by atoms with van der Waals surface area (Å²) in [6.07, 6.45) is 4.89. The third kappa shape index (κ3) is 5.39. The summed E-state index contributed by atoms with van der Waals surface area (Å²) in [5.41, 5.74) is 4.14. The molecule has 0 saturated carbocycles. The molecule has 1 aliphatic heterocycles. The number of anilines is 4. The molecule has 0 spiro atoms. The average Bonchev–Trinajstić information content (AvgIpc) is 3.30. The molecular weight excluding hydrogens is 502 g/mol. The molecule has 2 aromatic heterocycles. The van der Waals surface area contributed by atoms with Gasteiger partial charge in [-0.3, -0.25) is 4.31 Å². The van der Waals surface area contributed by atoms with Gasteiger partial charge in [0.2, 0.25) is 16.0 Å². The van der Waals surface area contributed by atoms with E-state index >= 15 is 0 Å². The average molecular weight is 536 g/mol. The maximum absolute atomic E-state index is 12.3. The van der Waals surface area contributed by atoms with Crippen LogP contribution in [0.2, 0.25) is 0 Å². The van der Waals surface area contributed by atoms with E-state index in [1.165, 1.54) is 30.4 Å². The van der Waals surface area contributed by atoms with Crippen LogP contribution in [0.3, 0.4) is 0 Å². The van der Waals surface area contributed by atoms with Crippen LogP contribution in [0.25, 0.3) is 11.0 Å². The summed E-state index contributed by atoms with van der Waals surface area (Å²) >= 11 is 0. The Labute approximate surface area is 223 Å². The van der Waals surface area contributed by atoms with Crippen LogP contribution in [0.1, 0.15) is 12.5 Å². The first-order chi connectivity index (χ1) is 18.2. The number of fused-ring (bicyclic) bond motifs is 1. The summed E-state index contributed by atoms with van der Waals surface area (Å²) in [6.45, 7) is 5.56. The molecule has 0 radical (unpaired) electrons. The fourth-order valence-corrected chi connectivity index (χ4v) is 5.32. The summed E-state index contributed by atoms with van der Waals surface area (Å²) in [5.74, 6) is 0.975. The van der Waals surface area contributed by atoms with Crippen molar-refractivity contribution in [1.82, 2.24) is 19.9 Å². The number of ether oxygens (including phenoxy) is 1. The Morgan fingerprint density at radius 3 is 2.68 bits per heavy atom. The first-order valence-electron chi connectivity index (χ1n) is 12.5. The van der Waals surface area contributed by atoms with Gasteiger partial charge in [-0.1, -0.05) is 12.1 Å². The second-order valence-corrected chi connectivity index (χ2v) is 11.6. The number of piperazine rings is 1. The van der Waals surface area contributed by atoms with Gasteiger partial charge in [-0.25, -0.2) is 13.4 Å². The van der Waals surface area contributed by atoms with Gasteiger partial charge in [0.15, 0.2) is 0 Å². The van der Waals surface area contributed by atoms with E-state index in [4.69, 9.17) is 9.72 Å². The zero-order valence-electron chi connectivity index (χ0n) is 22.0. The molecule has 0 bridgehead atoms. The smallest absolute Gasteiger partial charge is 0.232 e. The maximum Gasteiger partial charge on any atom is 0.232 e. The van der Waals surface area contributed by atoms with Crippen LogP contribution in [0.5, 0.6) is 5.75 Å². The summed E-state index contributed by atoms with van der Waals surface area (Å²) in [4.78, 5) is 11.6. The van der Waals surface area contributed by atoms with Gasteiger partial charge >= 0.3 is 0 Å². The molecule has 1 atom stereocenters. The van der Waals surface area contributed by atoms with Gasteiger partial charge in [-0.05, 0) is 48.9 Å². The standard InChI is InChI=1S/C27H33N7O3S/c1-19-17-33(15-13-28-19)23-10-8-22(9-11-23)30-27-29-16-20-12-14-34(26(20)31-27)18-21-6-5-7-24(37-3)25(21)32(2)38(4,35)36/h5-12,14,16,19,28H,13,15,17-18H2,1-4H3,(H,29,30,31). The van der Waals surface area contributed by atoms with E-state index in [-0.39, 0.29) is 0 Å². The van der Waals surface area contributed by atoms with Crippen molar-refractivity contribution in [2.75, 3.05) is 54.6 Å². The lowest BCUT2D eigenvalue weighted by atomic mass is 10.1. The molecule has 10 nitrogen and oxygen atoms in total. The van der Waals surface area contributed by atoms with Gasteiger partial charge in [0.25, 0.3) is 0 Å². The zero-order chi connectivity index (χ0) is 26.9. The van der Waals surface area contributed by atoms with Crippen molar-refractivity contribution in [2.24, 2.45) is 0 Å². The Balaban J connectivity index is 1.39. The molecule has 1 saturated heterocycles. The molecule has 1 fully saturated rings. The van der Waals surface area contributed by atoms with E-state index in [0.29, 0.717) is 30.0 Å². The molecule has 1 unspecified atom stereocenters. The second kappa shape index (κ2) is 10.5. The first-order valence-corrected chi connectivity index (χ1v) is 14.3. The van der Waals surface area contributed by atoms with E-state index in [2.05, 4.69) is 39.6 Å². The van der Waals surface area contributed by atoms with Gasteiger partial charge in [-0.2, -0.15) is 4.98 Å². The Bertz CT molecular complexity index is 1540. The van der Waals surface area contributed by atoms with Gasteiger partial charge in [0, 0.05) is 61.9 Å². The predicted octanol–water partition coefficient (Wildman–Crippen LogP) is 3.43. The van der Waals surface area contributed by atoms with Crippen molar-refractivity contribution < 1.29 is 13.2 Å². The minimum Gasteiger partial charge on any atom is -0.495 e. The van der Waals surface area contributed by atoms with Crippen LogP contribution in [0.15, 0.2) is 60.9 Å². The van der Waals surface area contributed by atoms with Crippen LogP contribution < -0.4 is 24.6 Å². The SMILES string of the molecule is COc1cccc(Cn2ccc3cnc(Nc4ccc(N5CCNC(C)C5)cc4)nc32)c1N(C)S(C)(=O)=O. The molecule has 1 aliphatic rings. The molecule has 3 heterocycles. The highest BCUT2D eigenvalue weighted by molar-refractivity contribution is 7.92. The van der Waals surface area contributed by atoms with Crippen molar-refractivity contribution >= 4 is 44.1 Å². The Kier molecular flexibility index (Phi) is 7.13. The Morgan fingerprint density at radius 2 is 1.97 bits per heavy atom. The summed E-state index contributed by atoms with van der Waals surface area (Å²) in [6, 6.07) is 16.2. The summed E-state index contributed by atoms with van der Waals surface area (Å²) < 4.78 is 33.4. The Morgan fingerprint density at radius 1 is 1.18 bits per heavy atom. The fraction of sp³-hybridized carbons (Fsp3) is 0.333. The van der Waals surface area contributed by atoms with E-state index < -0.39 is 10.0 Å². The molecular formula is C27H33N7O3S. The normalized spacial score (nSPS) is 16.0. The number of methoxy groups -OCH3 is 1. The number of sulfonamides is 1. The minimum atomic E-state index is -3.48. The summed E-state index contributed by atoms with van der Waals surface area (Å²) in [5, 5.41) is 7.67. The Hall–Kier alpha value is -3.83. The highest BCUT2D eigenvalue weighted by atomic mass is 32.2. The topological polar surface area (TPSA) is 105 Å². The summed E-state index contributed by atoms with van der Waals surface area (Å²) in [7, 11) is -0.421. The second-order valence-electron chi connectivity index (χ2n) is 9.59. The van der Waals surface area contributed by atoms with Crippen LogP contribution >= 0.6 is 0 Å². The third-order valence-corrected chi connectivity index (χ3v) is 7.99. The van der Waals surface area contributed by atoms with Crippen molar-refractivity contribution in [3.8, 4) is 5.75 Å². The minimum absolute atomic E-state index is 0.407. The number of nitrogens with zero attached hydrogens (tertiary/aromatic N) is 5. The van der Waals surface area contributed by atoms with Crippen LogP contribution in [-0.4, -0.2) is 69.0 Å². The maximum atomic E-state index is 12.3. The lowest BCUT2D eigenvalue weighted by Crippen LogP contribution is -2.49. The quantitative estimate of drug-likeness (QED) is 0.354. The molecule has 0 amide bonds. The van der Waals surface area contributed by atoms with Crippen molar-refractivity contribution in [2.45, 2.75) is 19.5 Å². The first kappa shape index (κ1) is 25.8. The van der Waals surface area contributed by atoms with Crippen molar-refractivity contribution in [3.63, 3.8) is 0 Å². The highest BCUT2D eigenvalue weighted by Gasteiger charge is 2.21. The van der Waals surface area contributed by atoms with Crippen molar-refractivity contribution in [3.05, 3.63) is 66.5 Å². The number of aromatic nitrogens is 3. The number of para-hydroxylation sites is 1. The largest absolute Gasteiger partial charge is 0.495 e. The molecule has 2 aromatic carbocycles. The molecule has 5 rings (SSSR count). The predicted molar refractivity (Wildman–Crippen MR) is 152 cm³/mol. The number of hydrogen-bond acceptors (Lipinski definition) is 8. The lowest BCUT2D eigenvalue weighted by Gasteiger charge is -2.33. The number of hydrogen-bond donors (Lipinski definition) is 2. The molecule has 11 heteroatoms. The monoisotopic (exact) mass is 535 g/mol. The van der Waals surface area contributed by atoms with Gasteiger partial charge < -0.3 is 24.8 Å². The van der Waals surface area contributed by atoms with Gasteiger partial charge in [0.05, 0.1) is 25.6 Å². The van der Waals surface area contributed by atoms with Gasteiger partial charge in [-0.15, -0.1) is 0 Å². The van der Waals surface area contributed by atoms with E-state index in [9.17, 15) is 8.42 Å². The molecule has 4 aromatic rings. The van der Waals surface area contributed by atoms with Gasteiger partial charge in [0.1, 0.15) is 11.4 Å². The third-order valence-electron chi connectivity index (χ3n) is 6.81. The van der Waals surface area contributed by atoms with Crippen LogP contribution in [-0.2, 0) is 16.6 Å². The molecule has 200 valence electrons. The lowest BCUT2D eigenvalue weighted by molar-refractivity contribution is 0.415. The molecule has 2 N–H and O–H groups in total. The highest BCUT2D eigenvalue weighted by Crippen LogP contribution is 2.34. The van der Waals surface area contributed by atoms with E-state index in [0.717, 1.165) is 41.9 Å². The number of benzene rings is 2. The van der Waals surface area contributed by atoms with Crippen LogP contribution in [0.4, 0.5) is 23.0 Å². The van der Waals surface area contributed by atoms with Crippen molar-refractivity contribution in [1.29, 1.82) is 0 Å². The zero-order valence-corrected chi connectivity index (χ0v) is 22.9. The van der Waals surface area contributed by atoms with E-state index in [1.807, 2.05) is 41.1 Å². The van der Waals surface area contributed by atoms with E-state index in [1.54, 1.807) is 12.3 Å². The number of rotatable bonds is 8. The molecule has 0 aliphatic carbocycles. The van der Waals surface area contributed by atoms with Crippen LogP contribution in [0, 0.1) is 0 Å². The fourth-order valence-electron chi connectivity index (χ4n) is 4.78.